The first-order valence-corrected chi connectivity index (χ1v) is 13.7. The number of nitrogens with zero attached hydrogens (tertiary/aromatic N) is 2. The molecule has 0 unspecified atom stereocenters. The molecule has 7 nitrogen and oxygen atoms in total. The lowest BCUT2D eigenvalue weighted by atomic mass is 10.1. The van der Waals surface area contributed by atoms with E-state index in [0.717, 1.165) is 11.8 Å². The lowest BCUT2D eigenvalue weighted by Crippen LogP contribution is -2.49. The fourth-order valence-corrected chi connectivity index (χ4v) is 4.93. The number of sulfonamides is 1. The summed E-state index contributed by atoms with van der Waals surface area (Å²) in [5.41, 5.74) is 1.28. The maximum atomic E-state index is 13.3. The Kier molecular flexibility index (Phi) is 10.7. The number of hydrogen-bond donors (Lipinski definition) is 1. The number of carbonyl (C=O) groups is 2. The fourth-order valence-electron chi connectivity index (χ4n) is 3.64. The number of likely N-dealkylation sites (N-methyl/N-ethyl adjacent to an activating group) is 1. The molecule has 0 spiro atoms. The molecular formula is C24H31Cl2N3O4S. The normalized spacial score (nSPS) is 12.1. The van der Waals surface area contributed by atoms with E-state index in [4.69, 9.17) is 23.2 Å². The van der Waals surface area contributed by atoms with E-state index in [-0.39, 0.29) is 31.3 Å². The van der Waals surface area contributed by atoms with E-state index in [2.05, 4.69) is 5.32 Å². The van der Waals surface area contributed by atoms with Gasteiger partial charge in [-0.05, 0) is 49.6 Å². The van der Waals surface area contributed by atoms with Gasteiger partial charge in [0.15, 0.2) is 0 Å². The molecule has 0 aliphatic carbocycles. The summed E-state index contributed by atoms with van der Waals surface area (Å²) >= 11 is 12.2. The Balaban J connectivity index is 2.21. The summed E-state index contributed by atoms with van der Waals surface area (Å²) in [6.07, 6.45) is 1.94. The third kappa shape index (κ3) is 7.89. The molecule has 2 amide bonds. The third-order valence-corrected chi connectivity index (χ3v) is 7.20. The predicted octanol–water partition coefficient (Wildman–Crippen LogP) is 4.48. The van der Waals surface area contributed by atoms with Gasteiger partial charge in [-0.15, -0.1) is 0 Å². The average Bonchev–Trinajstić information content (AvgIpc) is 2.78. The van der Waals surface area contributed by atoms with Gasteiger partial charge >= 0.3 is 0 Å². The van der Waals surface area contributed by atoms with Crippen molar-refractivity contribution >= 4 is 50.7 Å². The maximum absolute atomic E-state index is 13.3. The molecule has 186 valence electrons. The lowest BCUT2D eigenvalue weighted by Gasteiger charge is -2.31. The Morgan fingerprint density at radius 2 is 1.71 bits per heavy atom. The van der Waals surface area contributed by atoms with E-state index >= 15 is 0 Å². The first-order chi connectivity index (χ1) is 16.1. The van der Waals surface area contributed by atoms with Crippen LogP contribution in [0.1, 0.15) is 38.7 Å². The summed E-state index contributed by atoms with van der Waals surface area (Å²) < 4.78 is 25.9. The second kappa shape index (κ2) is 13.0. The van der Waals surface area contributed by atoms with Crippen LogP contribution in [0, 0.1) is 0 Å². The highest BCUT2D eigenvalue weighted by Crippen LogP contribution is 2.24. The molecule has 2 aromatic carbocycles. The van der Waals surface area contributed by atoms with Gasteiger partial charge in [-0.25, -0.2) is 8.42 Å². The molecule has 0 aliphatic heterocycles. The van der Waals surface area contributed by atoms with Crippen LogP contribution in [0.15, 0.2) is 48.5 Å². The number of benzene rings is 2. The highest BCUT2D eigenvalue weighted by atomic mass is 35.5. The Hall–Kier alpha value is -2.29. The Bertz CT molecular complexity index is 1080. The Morgan fingerprint density at radius 3 is 2.26 bits per heavy atom. The van der Waals surface area contributed by atoms with Gasteiger partial charge in [-0.3, -0.25) is 13.9 Å². The van der Waals surface area contributed by atoms with E-state index in [0.29, 0.717) is 35.1 Å². The number of amides is 2. The lowest BCUT2D eigenvalue weighted by molar-refractivity contribution is -0.141. The van der Waals surface area contributed by atoms with Gasteiger partial charge in [0.1, 0.15) is 6.04 Å². The number of hydrogen-bond acceptors (Lipinski definition) is 4. The van der Waals surface area contributed by atoms with Crippen LogP contribution >= 0.6 is 23.2 Å². The number of nitrogens with one attached hydrogen (secondary N) is 1. The molecule has 0 radical (unpaired) electrons. The maximum Gasteiger partial charge on any atom is 0.242 e. The smallest absolute Gasteiger partial charge is 0.242 e. The Labute approximate surface area is 212 Å². The predicted molar refractivity (Wildman–Crippen MR) is 138 cm³/mol. The van der Waals surface area contributed by atoms with E-state index in [1.54, 1.807) is 48.5 Å². The first kappa shape index (κ1) is 28.0. The highest BCUT2D eigenvalue weighted by molar-refractivity contribution is 7.92. The van der Waals surface area contributed by atoms with E-state index < -0.39 is 16.1 Å². The van der Waals surface area contributed by atoms with Crippen LogP contribution in [-0.4, -0.2) is 50.5 Å². The van der Waals surface area contributed by atoms with Crippen molar-refractivity contribution < 1.29 is 18.0 Å². The molecule has 0 fully saturated rings. The number of anilines is 1. The average molecular weight is 529 g/mol. The van der Waals surface area contributed by atoms with Gasteiger partial charge in [0, 0.05) is 26.1 Å². The van der Waals surface area contributed by atoms with Crippen LogP contribution in [-0.2, 0) is 26.2 Å². The highest BCUT2D eigenvalue weighted by Gasteiger charge is 2.28. The van der Waals surface area contributed by atoms with Gasteiger partial charge in [0.25, 0.3) is 0 Å². The molecule has 10 heteroatoms. The van der Waals surface area contributed by atoms with Crippen molar-refractivity contribution in [3.05, 3.63) is 64.1 Å². The minimum Gasteiger partial charge on any atom is -0.355 e. The van der Waals surface area contributed by atoms with Crippen molar-refractivity contribution in [2.45, 2.75) is 45.7 Å². The van der Waals surface area contributed by atoms with Gasteiger partial charge in [-0.1, -0.05) is 54.4 Å². The first-order valence-electron chi connectivity index (χ1n) is 11.1. The summed E-state index contributed by atoms with van der Waals surface area (Å²) in [6.45, 7) is 4.44. The minimum absolute atomic E-state index is 0.0794. The zero-order valence-electron chi connectivity index (χ0n) is 19.6. The van der Waals surface area contributed by atoms with Crippen molar-refractivity contribution in [1.82, 2.24) is 10.2 Å². The second-order valence-electron chi connectivity index (χ2n) is 7.86. The zero-order valence-corrected chi connectivity index (χ0v) is 22.0. The molecule has 0 aromatic heterocycles. The van der Waals surface area contributed by atoms with Crippen LogP contribution in [0.2, 0.25) is 10.0 Å². The van der Waals surface area contributed by atoms with Crippen LogP contribution in [0.4, 0.5) is 5.69 Å². The SMILES string of the molecule is CCNC(=O)[C@H](CC)N(Cc1ccc(Cl)c(Cl)c1)C(=O)CCCN(c1ccccc1)S(C)(=O)=O. The van der Waals surface area contributed by atoms with Crippen LogP contribution in [0.25, 0.3) is 0 Å². The van der Waals surface area contributed by atoms with Crippen molar-refractivity contribution in [3.8, 4) is 0 Å². The summed E-state index contributed by atoms with van der Waals surface area (Å²) in [6, 6.07) is 13.2. The van der Waals surface area contributed by atoms with E-state index in [9.17, 15) is 18.0 Å². The van der Waals surface area contributed by atoms with Crippen molar-refractivity contribution in [1.29, 1.82) is 0 Å². The molecule has 0 saturated carbocycles. The number of para-hydroxylation sites is 1. The van der Waals surface area contributed by atoms with Gasteiger partial charge in [-0.2, -0.15) is 0 Å². The second-order valence-corrected chi connectivity index (χ2v) is 10.6. The Morgan fingerprint density at radius 1 is 1.03 bits per heavy atom. The number of rotatable bonds is 12. The summed E-state index contributed by atoms with van der Waals surface area (Å²) in [5.74, 6) is -0.480. The molecule has 0 bridgehead atoms. The largest absolute Gasteiger partial charge is 0.355 e. The van der Waals surface area contributed by atoms with Gasteiger partial charge in [0.2, 0.25) is 21.8 Å². The molecule has 0 saturated heterocycles. The minimum atomic E-state index is -3.52. The van der Waals surface area contributed by atoms with E-state index in [1.807, 2.05) is 13.8 Å². The number of halogens is 2. The topological polar surface area (TPSA) is 86.8 Å². The summed E-state index contributed by atoms with van der Waals surface area (Å²) in [4.78, 5) is 27.5. The van der Waals surface area contributed by atoms with Crippen molar-refractivity contribution in [3.63, 3.8) is 0 Å². The monoisotopic (exact) mass is 527 g/mol. The molecule has 2 rings (SSSR count). The standard InChI is InChI=1S/C24H31Cl2N3O4S/c1-4-22(24(31)27-5-2)28(17-18-13-14-20(25)21(26)16-18)23(30)12-9-15-29(34(3,32)33)19-10-7-6-8-11-19/h6-8,10-11,13-14,16,22H,4-5,9,12,15,17H2,1-3H3,(H,27,31)/t22-/m0/s1. The van der Waals surface area contributed by atoms with Crippen molar-refractivity contribution in [2.24, 2.45) is 0 Å². The summed E-state index contributed by atoms with van der Waals surface area (Å²) in [7, 11) is -3.52. The van der Waals surface area contributed by atoms with Gasteiger partial charge in [0.05, 0.1) is 22.0 Å². The molecule has 34 heavy (non-hydrogen) atoms. The van der Waals surface area contributed by atoms with Crippen LogP contribution in [0.5, 0.6) is 0 Å². The third-order valence-electron chi connectivity index (χ3n) is 5.27. The fraction of sp³-hybridized carbons (Fsp3) is 0.417. The van der Waals surface area contributed by atoms with Crippen LogP contribution < -0.4 is 9.62 Å². The quantitative estimate of drug-likeness (QED) is 0.440. The van der Waals surface area contributed by atoms with Gasteiger partial charge < -0.3 is 10.2 Å². The molecule has 2 aromatic rings. The molecule has 0 aliphatic rings. The molecule has 1 N–H and O–H groups in total. The van der Waals surface area contributed by atoms with E-state index in [1.165, 1.54) is 9.21 Å². The molecule has 0 heterocycles. The zero-order chi connectivity index (χ0) is 25.3. The molecular weight excluding hydrogens is 497 g/mol. The number of carbonyl (C=O) groups excluding carboxylic acids is 2. The molecule has 1 atom stereocenters. The van der Waals surface area contributed by atoms with Crippen LogP contribution in [0.3, 0.4) is 0 Å². The van der Waals surface area contributed by atoms with Crippen molar-refractivity contribution in [2.75, 3.05) is 23.7 Å². The summed E-state index contributed by atoms with van der Waals surface area (Å²) in [5, 5.41) is 3.55.